The van der Waals surface area contributed by atoms with Crippen molar-refractivity contribution >= 4 is 18.3 Å². The van der Waals surface area contributed by atoms with Gasteiger partial charge in [0.25, 0.3) is 0 Å². The maximum atomic E-state index is 12.5. The predicted molar refractivity (Wildman–Crippen MR) is 84.4 cm³/mol. The van der Waals surface area contributed by atoms with Crippen LogP contribution in [0.3, 0.4) is 0 Å². The number of nitrogens with two attached hydrogens (primary N) is 1. The molecule has 1 atom stereocenters. The third-order valence-electron chi connectivity index (χ3n) is 4.64. The Morgan fingerprint density at radius 2 is 1.86 bits per heavy atom. The van der Waals surface area contributed by atoms with E-state index < -0.39 is 11.3 Å². The van der Waals surface area contributed by atoms with Crippen LogP contribution >= 0.6 is 12.4 Å². The molecule has 0 aromatic heterocycles. The number of piperidine rings is 1. The summed E-state index contributed by atoms with van der Waals surface area (Å²) in [5, 5.41) is 0. The molecule has 0 aromatic carbocycles. The summed E-state index contributed by atoms with van der Waals surface area (Å²) in [4.78, 5) is 14.4. The van der Waals surface area contributed by atoms with Gasteiger partial charge in [-0.2, -0.15) is 0 Å². The van der Waals surface area contributed by atoms with Crippen molar-refractivity contribution in [2.24, 2.45) is 11.7 Å². The molecule has 124 valence electrons. The van der Waals surface area contributed by atoms with Crippen LogP contribution in [0.5, 0.6) is 0 Å². The number of carbonyl (C=O) groups is 1. The van der Waals surface area contributed by atoms with E-state index in [-0.39, 0.29) is 18.3 Å². The molecule has 0 aliphatic carbocycles. The highest BCUT2D eigenvalue weighted by Gasteiger charge is 2.43. The van der Waals surface area contributed by atoms with Gasteiger partial charge in [0.1, 0.15) is 0 Å². The summed E-state index contributed by atoms with van der Waals surface area (Å²) >= 11 is 0. The summed E-state index contributed by atoms with van der Waals surface area (Å²) in [6.07, 6.45) is 3.50. The highest BCUT2D eigenvalue weighted by molar-refractivity contribution is 5.86. The number of hydrogen-bond acceptors (Lipinski definition) is 4. The van der Waals surface area contributed by atoms with E-state index in [1.807, 2.05) is 18.7 Å². The Bertz CT molecular complexity index is 349. The second-order valence-electron chi connectivity index (χ2n) is 6.45. The van der Waals surface area contributed by atoms with Gasteiger partial charge in [-0.05, 0) is 33.1 Å². The third-order valence-corrected chi connectivity index (χ3v) is 4.64. The Labute approximate surface area is 133 Å². The van der Waals surface area contributed by atoms with Crippen LogP contribution in [0.2, 0.25) is 0 Å². The Kier molecular flexibility index (Phi) is 6.47. The Morgan fingerprint density at radius 1 is 1.33 bits per heavy atom. The number of ether oxygens (including phenoxy) is 2. The first-order valence-electron chi connectivity index (χ1n) is 7.75. The lowest BCUT2D eigenvalue weighted by atomic mass is 9.87. The lowest BCUT2D eigenvalue weighted by molar-refractivity contribution is -0.192. The average Bonchev–Trinajstić information content (AvgIpc) is 2.86. The van der Waals surface area contributed by atoms with E-state index >= 15 is 0 Å². The zero-order valence-electron chi connectivity index (χ0n) is 13.4. The van der Waals surface area contributed by atoms with Gasteiger partial charge in [0.2, 0.25) is 5.91 Å². The van der Waals surface area contributed by atoms with Gasteiger partial charge < -0.3 is 20.1 Å². The van der Waals surface area contributed by atoms with Gasteiger partial charge in [0, 0.05) is 19.0 Å². The molecule has 1 unspecified atom stereocenters. The highest BCUT2D eigenvalue weighted by atomic mass is 35.5. The van der Waals surface area contributed by atoms with E-state index in [0.717, 1.165) is 38.8 Å². The molecule has 2 saturated heterocycles. The number of hydrogen-bond donors (Lipinski definition) is 1. The molecule has 2 fully saturated rings. The maximum Gasteiger partial charge on any atom is 0.242 e. The van der Waals surface area contributed by atoms with Crippen LogP contribution in [-0.2, 0) is 14.3 Å². The summed E-state index contributed by atoms with van der Waals surface area (Å²) in [5.74, 6) is -0.00892. The minimum atomic E-state index is -0.730. The summed E-state index contributed by atoms with van der Waals surface area (Å²) in [6, 6.07) is 0. The first kappa shape index (κ1) is 18.7. The summed E-state index contributed by atoms with van der Waals surface area (Å²) in [6.45, 7) is 8.77. The number of halogens is 1. The van der Waals surface area contributed by atoms with Crippen molar-refractivity contribution in [3.63, 3.8) is 0 Å². The fourth-order valence-corrected chi connectivity index (χ4v) is 3.36. The van der Waals surface area contributed by atoms with E-state index in [4.69, 9.17) is 15.2 Å². The third kappa shape index (κ3) is 4.09. The topological polar surface area (TPSA) is 64.8 Å². The van der Waals surface area contributed by atoms with E-state index in [1.165, 1.54) is 0 Å². The van der Waals surface area contributed by atoms with Crippen molar-refractivity contribution in [1.29, 1.82) is 0 Å². The van der Waals surface area contributed by atoms with Crippen LogP contribution in [0.15, 0.2) is 0 Å². The number of rotatable bonds is 4. The van der Waals surface area contributed by atoms with Gasteiger partial charge in [-0.1, -0.05) is 13.3 Å². The molecule has 0 bridgehead atoms. The van der Waals surface area contributed by atoms with Crippen LogP contribution in [-0.4, -0.2) is 48.4 Å². The predicted octanol–water partition coefficient (Wildman–Crippen LogP) is 1.93. The van der Waals surface area contributed by atoms with Crippen molar-refractivity contribution in [1.82, 2.24) is 4.90 Å². The molecule has 0 spiro atoms. The summed E-state index contributed by atoms with van der Waals surface area (Å²) < 4.78 is 11.5. The second-order valence-corrected chi connectivity index (χ2v) is 6.45. The summed E-state index contributed by atoms with van der Waals surface area (Å²) in [5.41, 5.74) is 5.41. The van der Waals surface area contributed by atoms with Crippen molar-refractivity contribution in [3.05, 3.63) is 0 Å². The molecule has 5 nitrogen and oxygen atoms in total. The Hall–Kier alpha value is -0.360. The smallest absolute Gasteiger partial charge is 0.242 e. The SMILES string of the molecule is CCCC(C)(N)C(=O)N1CCC(C2(C)OCCO2)CC1.Cl. The van der Waals surface area contributed by atoms with Crippen molar-refractivity contribution in [3.8, 4) is 0 Å². The van der Waals surface area contributed by atoms with Crippen LogP contribution in [0.4, 0.5) is 0 Å². The van der Waals surface area contributed by atoms with Gasteiger partial charge in [0.05, 0.1) is 18.8 Å². The molecule has 2 aliphatic heterocycles. The van der Waals surface area contributed by atoms with Gasteiger partial charge in [0.15, 0.2) is 5.79 Å². The molecule has 6 heteroatoms. The molecule has 1 amide bonds. The monoisotopic (exact) mass is 320 g/mol. The fourth-order valence-electron chi connectivity index (χ4n) is 3.36. The molecule has 2 rings (SSSR count). The van der Waals surface area contributed by atoms with E-state index in [2.05, 4.69) is 6.92 Å². The molecule has 0 aromatic rings. The molecular weight excluding hydrogens is 292 g/mol. The molecule has 2 N–H and O–H groups in total. The van der Waals surface area contributed by atoms with Crippen LogP contribution < -0.4 is 5.73 Å². The lowest BCUT2D eigenvalue weighted by Gasteiger charge is -2.41. The number of likely N-dealkylation sites (tertiary alicyclic amines) is 1. The molecule has 0 radical (unpaired) electrons. The minimum absolute atomic E-state index is 0. The Morgan fingerprint density at radius 3 is 2.33 bits per heavy atom. The van der Waals surface area contributed by atoms with Crippen molar-refractivity contribution in [2.75, 3.05) is 26.3 Å². The first-order valence-corrected chi connectivity index (χ1v) is 7.75. The molecular formula is C15H29ClN2O3. The number of carbonyl (C=O) groups excluding carboxylic acids is 1. The van der Waals surface area contributed by atoms with Crippen LogP contribution in [0.1, 0.15) is 46.5 Å². The van der Waals surface area contributed by atoms with Gasteiger partial charge >= 0.3 is 0 Å². The zero-order chi connectivity index (χ0) is 14.8. The standard InChI is InChI=1S/C15H28N2O3.ClH/c1-4-7-14(2,16)13(18)17-8-5-12(6-9-17)15(3)19-10-11-20-15;/h12H,4-11,16H2,1-3H3;1H. The maximum absolute atomic E-state index is 12.5. The van der Waals surface area contributed by atoms with Gasteiger partial charge in [-0.25, -0.2) is 0 Å². The molecule has 2 heterocycles. The van der Waals surface area contributed by atoms with E-state index in [9.17, 15) is 4.79 Å². The first-order chi connectivity index (χ1) is 9.39. The molecule has 2 aliphatic rings. The lowest BCUT2D eigenvalue weighted by Crippen LogP contribution is -2.56. The highest BCUT2D eigenvalue weighted by Crippen LogP contribution is 2.35. The quantitative estimate of drug-likeness (QED) is 0.859. The normalized spacial score (nSPS) is 25.2. The summed E-state index contributed by atoms with van der Waals surface area (Å²) in [7, 11) is 0. The molecule has 21 heavy (non-hydrogen) atoms. The number of amides is 1. The molecule has 0 saturated carbocycles. The van der Waals surface area contributed by atoms with Gasteiger partial charge in [-0.15, -0.1) is 12.4 Å². The second kappa shape index (κ2) is 7.27. The van der Waals surface area contributed by atoms with Crippen molar-refractivity contribution in [2.45, 2.75) is 57.8 Å². The average molecular weight is 321 g/mol. The van der Waals surface area contributed by atoms with Crippen LogP contribution in [0.25, 0.3) is 0 Å². The zero-order valence-corrected chi connectivity index (χ0v) is 14.2. The van der Waals surface area contributed by atoms with Crippen molar-refractivity contribution < 1.29 is 14.3 Å². The van der Waals surface area contributed by atoms with E-state index in [1.54, 1.807) is 0 Å². The number of nitrogens with zero attached hydrogens (tertiary/aromatic N) is 1. The van der Waals surface area contributed by atoms with Gasteiger partial charge in [-0.3, -0.25) is 4.79 Å². The largest absolute Gasteiger partial charge is 0.348 e. The Balaban J connectivity index is 0.00000220. The minimum Gasteiger partial charge on any atom is -0.348 e. The fraction of sp³-hybridized carbons (Fsp3) is 0.933. The van der Waals surface area contributed by atoms with E-state index in [0.29, 0.717) is 19.1 Å². The van der Waals surface area contributed by atoms with Crippen LogP contribution in [0, 0.1) is 5.92 Å².